The molecule has 0 saturated carbocycles. The molecule has 0 atom stereocenters. The molecule has 2 aromatic carbocycles. The number of hydrogen-bond acceptors (Lipinski definition) is 4. The summed E-state index contributed by atoms with van der Waals surface area (Å²) in [4.78, 5) is 4.42. The van der Waals surface area contributed by atoms with Gasteiger partial charge in [0.25, 0.3) is 0 Å². The van der Waals surface area contributed by atoms with Crippen molar-refractivity contribution in [3.63, 3.8) is 0 Å². The van der Waals surface area contributed by atoms with Crippen LogP contribution in [0.1, 0.15) is 11.1 Å². The number of anilines is 1. The maximum atomic E-state index is 12.8. The smallest absolute Gasteiger partial charge is 0.333 e. The summed E-state index contributed by atoms with van der Waals surface area (Å²) in [5.74, 6) is 0. The second kappa shape index (κ2) is 7.55. The average molecular weight is 332 g/mol. The number of amidine groups is 1. The van der Waals surface area contributed by atoms with Gasteiger partial charge in [-0.05, 0) is 38.1 Å². The lowest BCUT2D eigenvalue weighted by Crippen LogP contribution is -2.14. The topological polar surface area (TPSA) is 59.9 Å². The Morgan fingerprint density at radius 3 is 1.87 bits per heavy atom. The van der Waals surface area contributed by atoms with E-state index in [4.69, 9.17) is 9.05 Å². The first kappa shape index (κ1) is 17.4. The van der Waals surface area contributed by atoms with Gasteiger partial charge in [0.2, 0.25) is 5.58 Å². The second-order valence-electron chi connectivity index (χ2n) is 5.12. The van der Waals surface area contributed by atoms with Crippen molar-refractivity contribution in [1.82, 2.24) is 0 Å². The number of aryl methyl sites for hydroxylation is 2. The molecular formula is C17H21N2O3P. The molecule has 122 valence electrons. The van der Waals surface area contributed by atoms with Crippen molar-refractivity contribution >= 4 is 24.5 Å². The van der Waals surface area contributed by atoms with Crippen molar-refractivity contribution in [2.45, 2.75) is 13.8 Å². The third kappa shape index (κ3) is 4.52. The summed E-state index contributed by atoms with van der Waals surface area (Å²) in [5.41, 5.74) is 3.83. The lowest BCUT2D eigenvalue weighted by atomic mass is 10.2. The second-order valence-corrected chi connectivity index (χ2v) is 7.27. The molecule has 0 aliphatic rings. The molecule has 0 radical (unpaired) electrons. The molecule has 0 spiro atoms. The van der Waals surface area contributed by atoms with E-state index in [1.54, 1.807) is 0 Å². The van der Waals surface area contributed by atoms with E-state index in [-0.39, 0.29) is 5.58 Å². The van der Waals surface area contributed by atoms with E-state index >= 15 is 0 Å². The standard InChI is InChI=1S/C17H21N2O3P/c1-13-5-9-15(10-6-13)18-17(23(20,21-3)22-4)19-16-11-7-14(2)8-12-16/h5-12H,1-4H3,(H,18,19). The highest BCUT2D eigenvalue weighted by molar-refractivity contribution is 7.72. The van der Waals surface area contributed by atoms with Gasteiger partial charge >= 0.3 is 7.60 Å². The fraction of sp³-hybridized carbons (Fsp3) is 0.235. The summed E-state index contributed by atoms with van der Waals surface area (Å²) >= 11 is 0. The molecule has 5 nitrogen and oxygen atoms in total. The molecule has 0 heterocycles. The van der Waals surface area contributed by atoms with Gasteiger partial charge in [0, 0.05) is 19.9 Å². The highest BCUT2D eigenvalue weighted by Crippen LogP contribution is 2.48. The quantitative estimate of drug-likeness (QED) is 0.481. The summed E-state index contributed by atoms with van der Waals surface area (Å²) in [6.07, 6.45) is 0. The Morgan fingerprint density at radius 2 is 1.39 bits per heavy atom. The Kier molecular flexibility index (Phi) is 5.72. The molecule has 0 fully saturated rings. The molecule has 0 unspecified atom stereocenters. The normalized spacial score (nSPS) is 12.3. The Morgan fingerprint density at radius 1 is 0.913 bits per heavy atom. The van der Waals surface area contributed by atoms with Gasteiger partial charge in [0.15, 0.2) is 0 Å². The van der Waals surface area contributed by atoms with Gasteiger partial charge in [0.1, 0.15) is 0 Å². The van der Waals surface area contributed by atoms with Crippen LogP contribution in [-0.2, 0) is 13.6 Å². The minimum Gasteiger partial charge on any atom is -0.333 e. The largest absolute Gasteiger partial charge is 0.395 e. The lowest BCUT2D eigenvalue weighted by Gasteiger charge is -2.17. The van der Waals surface area contributed by atoms with Gasteiger partial charge in [0.05, 0.1) is 5.69 Å². The molecule has 0 amide bonds. The first-order chi connectivity index (χ1) is 11.0. The highest BCUT2D eigenvalue weighted by Gasteiger charge is 2.30. The molecule has 6 heteroatoms. The van der Waals surface area contributed by atoms with Crippen molar-refractivity contribution < 1.29 is 13.6 Å². The first-order valence-corrected chi connectivity index (χ1v) is 8.72. The maximum absolute atomic E-state index is 12.8. The monoisotopic (exact) mass is 332 g/mol. The Bertz CT molecular complexity index is 717. The van der Waals surface area contributed by atoms with E-state index in [0.29, 0.717) is 5.69 Å². The molecule has 2 rings (SSSR count). The van der Waals surface area contributed by atoms with Crippen LogP contribution in [0.3, 0.4) is 0 Å². The fourth-order valence-electron chi connectivity index (χ4n) is 1.91. The minimum atomic E-state index is -3.51. The third-order valence-corrected chi connectivity index (χ3v) is 5.01. The van der Waals surface area contributed by atoms with Gasteiger partial charge in [-0.2, -0.15) is 0 Å². The van der Waals surface area contributed by atoms with Crippen molar-refractivity contribution in [2.24, 2.45) is 4.99 Å². The number of rotatable bonds is 5. The van der Waals surface area contributed by atoms with E-state index < -0.39 is 7.60 Å². The first-order valence-electron chi connectivity index (χ1n) is 7.18. The lowest BCUT2D eigenvalue weighted by molar-refractivity contribution is 0.290. The van der Waals surface area contributed by atoms with Gasteiger partial charge in [-0.15, -0.1) is 0 Å². The van der Waals surface area contributed by atoms with E-state index in [0.717, 1.165) is 16.8 Å². The summed E-state index contributed by atoms with van der Waals surface area (Å²) in [7, 11) is -0.829. The summed E-state index contributed by atoms with van der Waals surface area (Å²) < 4.78 is 22.9. The van der Waals surface area contributed by atoms with Crippen LogP contribution in [0.5, 0.6) is 0 Å². The molecule has 2 aromatic rings. The van der Waals surface area contributed by atoms with Gasteiger partial charge < -0.3 is 14.4 Å². The Labute approximate surface area is 136 Å². The molecule has 0 aliphatic heterocycles. The molecule has 23 heavy (non-hydrogen) atoms. The van der Waals surface area contributed by atoms with Gasteiger partial charge in [-0.25, -0.2) is 4.99 Å². The maximum Gasteiger partial charge on any atom is 0.395 e. The zero-order valence-electron chi connectivity index (χ0n) is 13.7. The van der Waals surface area contributed by atoms with Gasteiger partial charge in [-0.3, -0.25) is 4.57 Å². The summed E-state index contributed by atoms with van der Waals surface area (Å²) in [5, 5.41) is 3.05. The highest BCUT2D eigenvalue weighted by atomic mass is 31.2. The van der Waals surface area contributed by atoms with Crippen LogP contribution >= 0.6 is 7.60 Å². The number of hydrogen-bond donors (Lipinski definition) is 1. The molecule has 0 aliphatic carbocycles. The van der Waals surface area contributed by atoms with Crippen LogP contribution < -0.4 is 5.32 Å². The van der Waals surface area contributed by atoms with Crippen molar-refractivity contribution in [1.29, 1.82) is 0 Å². The van der Waals surface area contributed by atoms with E-state index in [1.165, 1.54) is 14.2 Å². The predicted molar refractivity (Wildman–Crippen MR) is 94.7 cm³/mol. The van der Waals surface area contributed by atoms with E-state index in [1.807, 2.05) is 62.4 Å². The molecular weight excluding hydrogens is 311 g/mol. The van der Waals surface area contributed by atoms with Crippen LogP contribution in [0.2, 0.25) is 0 Å². The van der Waals surface area contributed by atoms with Crippen LogP contribution in [0.25, 0.3) is 0 Å². The summed E-state index contributed by atoms with van der Waals surface area (Å²) in [6, 6.07) is 15.3. The summed E-state index contributed by atoms with van der Waals surface area (Å²) in [6.45, 7) is 3.99. The minimum absolute atomic E-state index is 0.148. The third-order valence-electron chi connectivity index (χ3n) is 3.32. The zero-order valence-corrected chi connectivity index (χ0v) is 14.6. The Balaban J connectivity index is 2.41. The number of aliphatic imine (C=N–C) groups is 1. The van der Waals surface area contributed by atoms with Crippen molar-refractivity contribution in [3.05, 3.63) is 59.7 Å². The molecule has 0 aromatic heterocycles. The van der Waals surface area contributed by atoms with Gasteiger partial charge in [-0.1, -0.05) is 35.4 Å². The number of benzene rings is 2. The SMILES string of the molecule is COP(=O)(OC)C(=Nc1ccc(C)cc1)Nc1ccc(C)cc1. The van der Waals surface area contributed by atoms with Crippen LogP contribution in [0.4, 0.5) is 11.4 Å². The Hall–Kier alpha value is -1.94. The predicted octanol–water partition coefficient (Wildman–Crippen LogP) is 4.89. The van der Waals surface area contributed by atoms with E-state index in [9.17, 15) is 4.57 Å². The molecule has 0 bridgehead atoms. The van der Waals surface area contributed by atoms with Crippen LogP contribution in [0.15, 0.2) is 53.5 Å². The van der Waals surface area contributed by atoms with Crippen LogP contribution in [-0.4, -0.2) is 19.8 Å². The number of nitrogens with one attached hydrogen (secondary N) is 1. The molecule has 0 saturated heterocycles. The fourth-order valence-corrected chi connectivity index (χ4v) is 2.91. The molecule has 1 N–H and O–H groups in total. The van der Waals surface area contributed by atoms with Crippen LogP contribution in [0, 0.1) is 13.8 Å². The average Bonchev–Trinajstić information content (AvgIpc) is 2.57. The van der Waals surface area contributed by atoms with Crippen molar-refractivity contribution in [3.8, 4) is 0 Å². The van der Waals surface area contributed by atoms with Crippen molar-refractivity contribution in [2.75, 3.05) is 19.5 Å². The zero-order chi connectivity index (χ0) is 16.9. The van der Waals surface area contributed by atoms with E-state index in [2.05, 4.69) is 10.3 Å². The number of nitrogens with zero attached hydrogens (tertiary/aromatic N) is 1.